The van der Waals surface area contributed by atoms with Crippen molar-refractivity contribution in [1.29, 1.82) is 0 Å². The first kappa shape index (κ1) is 20.1. The molecule has 0 unspecified atom stereocenters. The van der Waals surface area contributed by atoms with Crippen LogP contribution < -0.4 is 10.6 Å². The Morgan fingerprint density at radius 2 is 2.07 bits per heavy atom. The van der Waals surface area contributed by atoms with Crippen molar-refractivity contribution in [2.24, 2.45) is 0 Å². The highest BCUT2D eigenvalue weighted by Crippen LogP contribution is 2.24. The van der Waals surface area contributed by atoms with Gasteiger partial charge in [0.15, 0.2) is 0 Å². The number of carbonyl (C=O) groups excluding carboxylic acids is 1. The van der Waals surface area contributed by atoms with Crippen LogP contribution in [0.1, 0.15) is 21.5 Å². The maximum absolute atomic E-state index is 11.9. The second-order valence-electron chi connectivity index (χ2n) is 6.02. The summed E-state index contributed by atoms with van der Waals surface area (Å²) in [6, 6.07) is 12.9. The third kappa shape index (κ3) is 4.99. The predicted octanol–water partition coefficient (Wildman–Crippen LogP) is 5.34. The number of carbonyl (C=O) groups is 1. The molecule has 2 N–H and O–H groups in total. The fourth-order valence-electron chi connectivity index (χ4n) is 2.51. The molecule has 1 heterocycles. The zero-order valence-corrected chi connectivity index (χ0v) is 17.6. The lowest BCUT2D eigenvalue weighted by Crippen LogP contribution is -2.07. The molecule has 0 fully saturated rings. The summed E-state index contributed by atoms with van der Waals surface area (Å²) in [6.07, 6.45) is 1.73. The van der Waals surface area contributed by atoms with Crippen molar-refractivity contribution in [3.05, 3.63) is 74.8 Å². The molecule has 144 valence electrons. The fourth-order valence-corrected chi connectivity index (χ4v) is 3.13. The maximum Gasteiger partial charge on any atom is 0.339 e. The molecule has 1 aromatic heterocycles. The number of halogens is 2. The highest BCUT2D eigenvalue weighted by Gasteiger charge is 2.12. The van der Waals surface area contributed by atoms with E-state index in [0.717, 1.165) is 11.1 Å². The van der Waals surface area contributed by atoms with E-state index in [4.69, 9.17) is 16.3 Å². The third-order valence-electron chi connectivity index (χ3n) is 3.95. The Kier molecular flexibility index (Phi) is 6.49. The van der Waals surface area contributed by atoms with Crippen molar-refractivity contribution < 1.29 is 9.53 Å². The highest BCUT2D eigenvalue weighted by atomic mass is 79.9. The number of esters is 1. The van der Waals surface area contributed by atoms with Crippen LogP contribution in [-0.4, -0.2) is 23.0 Å². The Hall–Kier alpha value is -2.64. The van der Waals surface area contributed by atoms with Crippen LogP contribution in [0.25, 0.3) is 0 Å². The number of rotatable bonds is 6. The van der Waals surface area contributed by atoms with E-state index in [1.165, 1.54) is 7.11 Å². The van der Waals surface area contributed by atoms with Crippen molar-refractivity contribution in [1.82, 2.24) is 9.97 Å². The monoisotopic (exact) mass is 460 g/mol. The first-order valence-electron chi connectivity index (χ1n) is 8.43. The number of aryl methyl sites for hydroxylation is 1. The van der Waals surface area contributed by atoms with Gasteiger partial charge in [-0.05, 0) is 58.7 Å². The molecule has 0 radical (unpaired) electrons. The number of hydrogen-bond donors (Lipinski definition) is 2. The van der Waals surface area contributed by atoms with Gasteiger partial charge >= 0.3 is 5.97 Å². The molecule has 0 spiro atoms. The number of aromatic nitrogens is 2. The van der Waals surface area contributed by atoms with Crippen LogP contribution in [0, 0.1) is 6.92 Å². The van der Waals surface area contributed by atoms with E-state index >= 15 is 0 Å². The summed E-state index contributed by atoms with van der Waals surface area (Å²) >= 11 is 9.38. The Balaban J connectivity index is 1.77. The quantitative estimate of drug-likeness (QED) is 0.482. The van der Waals surface area contributed by atoms with E-state index in [2.05, 4.69) is 36.5 Å². The van der Waals surface area contributed by atoms with Crippen LogP contribution in [0.15, 0.2) is 53.1 Å². The van der Waals surface area contributed by atoms with Gasteiger partial charge in [0.05, 0.1) is 12.7 Å². The Labute approximate surface area is 176 Å². The molecule has 0 saturated heterocycles. The third-order valence-corrected chi connectivity index (χ3v) is 4.88. The highest BCUT2D eigenvalue weighted by molar-refractivity contribution is 9.10. The summed E-state index contributed by atoms with van der Waals surface area (Å²) in [5.74, 6) is 0.698. The molecule has 0 bridgehead atoms. The van der Waals surface area contributed by atoms with Crippen LogP contribution in [0.2, 0.25) is 5.02 Å². The van der Waals surface area contributed by atoms with Gasteiger partial charge in [0, 0.05) is 33.5 Å². The van der Waals surface area contributed by atoms with Crippen molar-refractivity contribution in [2.75, 3.05) is 17.7 Å². The van der Waals surface area contributed by atoms with E-state index in [9.17, 15) is 4.79 Å². The van der Waals surface area contributed by atoms with Gasteiger partial charge in [-0.1, -0.05) is 23.7 Å². The lowest BCUT2D eigenvalue weighted by Gasteiger charge is -2.12. The second-order valence-corrected chi connectivity index (χ2v) is 7.31. The van der Waals surface area contributed by atoms with E-state index in [1.54, 1.807) is 18.3 Å². The summed E-state index contributed by atoms with van der Waals surface area (Å²) in [4.78, 5) is 20.7. The molecular weight excluding hydrogens is 444 g/mol. The molecule has 2 aromatic carbocycles. The average Bonchev–Trinajstić information content (AvgIpc) is 2.69. The van der Waals surface area contributed by atoms with Crippen LogP contribution >= 0.6 is 27.5 Å². The molecule has 3 aromatic rings. The van der Waals surface area contributed by atoms with Crippen molar-refractivity contribution >= 4 is 51.0 Å². The zero-order valence-electron chi connectivity index (χ0n) is 15.3. The normalized spacial score (nSPS) is 10.4. The molecule has 0 aliphatic heterocycles. The van der Waals surface area contributed by atoms with Gasteiger partial charge < -0.3 is 15.4 Å². The van der Waals surface area contributed by atoms with Crippen LogP contribution in [0.5, 0.6) is 0 Å². The van der Waals surface area contributed by atoms with Crippen LogP contribution in [0.4, 0.5) is 17.5 Å². The largest absolute Gasteiger partial charge is 0.465 e. The minimum absolute atomic E-state index is 0.414. The van der Waals surface area contributed by atoms with E-state index in [1.807, 2.05) is 37.3 Å². The van der Waals surface area contributed by atoms with E-state index in [-0.39, 0.29) is 0 Å². The molecule has 0 atom stereocenters. The first-order valence-corrected chi connectivity index (χ1v) is 9.60. The Morgan fingerprint density at radius 3 is 2.82 bits per heavy atom. The van der Waals surface area contributed by atoms with Crippen molar-refractivity contribution in [2.45, 2.75) is 13.5 Å². The lowest BCUT2D eigenvalue weighted by molar-refractivity contribution is 0.0599. The van der Waals surface area contributed by atoms with E-state index < -0.39 is 5.97 Å². The predicted molar refractivity (Wildman–Crippen MR) is 114 cm³/mol. The fraction of sp³-hybridized carbons (Fsp3) is 0.150. The minimum atomic E-state index is -0.427. The minimum Gasteiger partial charge on any atom is -0.465 e. The van der Waals surface area contributed by atoms with Gasteiger partial charge in [-0.3, -0.25) is 0 Å². The molecule has 3 rings (SSSR count). The Bertz CT molecular complexity index is 1010. The van der Waals surface area contributed by atoms with Crippen molar-refractivity contribution in [3.63, 3.8) is 0 Å². The Morgan fingerprint density at radius 1 is 1.25 bits per heavy atom. The molecule has 0 aliphatic carbocycles. The number of anilines is 3. The van der Waals surface area contributed by atoms with Gasteiger partial charge in [-0.15, -0.1) is 0 Å². The maximum atomic E-state index is 11.9. The van der Waals surface area contributed by atoms with Gasteiger partial charge in [0.2, 0.25) is 5.95 Å². The molecule has 0 aliphatic rings. The second kappa shape index (κ2) is 9.03. The molecule has 6 nitrogen and oxygen atoms in total. The van der Waals surface area contributed by atoms with Gasteiger partial charge in [-0.25, -0.2) is 9.78 Å². The van der Waals surface area contributed by atoms with Crippen LogP contribution in [-0.2, 0) is 11.3 Å². The molecule has 0 amide bonds. The standard InChI is InChI=1S/C20H18BrClN4O2/c1-12-10-24-20(25-15-6-7-17(21)16(9-15)19(27)28-2)26-18(12)23-11-13-4-3-5-14(22)8-13/h3-10H,11H2,1-2H3,(H2,23,24,25,26). The van der Waals surface area contributed by atoms with Gasteiger partial charge in [-0.2, -0.15) is 4.98 Å². The number of ether oxygens (including phenoxy) is 1. The SMILES string of the molecule is COC(=O)c1cc(Nc2ncc(C)c(NCc3cccc(Cl)c3)n2)ccc1Br. The summed E-state index contributed by atoms with van der Waals surface area (Å²) in [6.45, 7) is 2.52. The zero-order chi connectivity index (χ0) is 20.1. The first-order chi connectivity index (χ1) is 13.5. The number of benzene rings is 2. The summed E-state index contributed by atoms with van der Waals surface area (Å²) < 4.78 is 5.44. The lowest BCUT2D eigenvalue weighted by atomic mass is 10.2. The molecular formula is C20H18BrClN4O2. The average molecular weight is 462 g/mol. The summed E-state index contributed by atoms with van der Waals surface area (Å²) in [7, 11) is 1.34. The van der Waals surface area contributed by atoms with Crippen molar-refractivity contribution in [3.8, 4) is 0 Å². The summed E-state index contributed by atoms with van der Waals surface area (Å²) in [5, 5.41) is 7.10. The molecule has 8 heteroatoms. The smallest absolute Gasteiger partial charge is 0.339 e. The van der Waals surface area contributed by atoms with Crippen LogP contribution in [0.3, 0.4) is 0 Å². The number of nitrogens with one attached hydrogen (secondary N) is 2. The number of methoxy groups -OCH3 is 1. The summed E-state index contributed by atoms with van der Waals surface area (Å²) in [5.41, 5.74) is 3.06. The number of nitrogens with zero attached hydrogens (tertiary/aromatic N) is 2. The van der Waals surface area contributed by atoms with Gasteiger partial charge in [0.25, 0.3) is 0 Å². The van der Waals surface area contributed by atoms with E-state index in [0.29, 0.717) is 39.1 Å². The molecule has 28 heavy (non-hydrogen) atoms. The topological polar surface area (TPSA) is 76.1 Å². The number of hydrogen-bond acceptors (Lipinski definition) is 6. The van der Waals surface area contributed by atoms with Gasteiger partial charge in [0.1, 0.15) is 5.82 Å². The molecule has 0 saturated carbocycles.